The van der Waals surface area contributed by atoms with Crippen molar-refractivity contribution in [1.29, 1.82) is 0 Å². The number of ether oxygens (including phenoxy) is 2. The van der Waals surface area contributed by atoms with E-state index in [-0.39, 0.29) is 23.7 Å². The molecular formula is C16H19NO5. The molecule has 6 heteroatoms. The number of allylic oxidation sites excluding steroid dienone is 1. The minimum absolute atomic E-state index is 0.246. The molecule has 0 N–H and O–H groups in total. The number of carbonyl (C=O) groups is 2. The number of hydrogen-bond donors (Lipinski definition) is 0. The summed E-state index contributed by atoms with van der Waals surface area (Å²) in [6.07, 6.45) is 3.07. The van der Waals surface area contributed by atoms with E-state index in [1.54, 1.807) is 39.2 Å². The van der Waals surface area contributed by atoms with Crippen LogP contribution in [-0.2, 0) is 19.1 Å². The van der Waals surface area contributed by atoms with Gasteiger partial charge in [-0.1, -0.05) is 0 Å². The second-order valence-electron chi connectivity index (χ2n) is 4.70. The van der Waals surface area contributed by atoms with Crippen LogP contribution in [0.25, 0.3) is 6.08 Å². The highest BCUT2D eigenvalue weighted by atomic mass is 16.5. The van der Waals surface area contributed by atoms with Crippen LogP contribution in [0.3, 0.4) is 0 Å². The first-order valence-electron chi connectivity index (χ1n) is 7.04. The summed E-state index contributed by atoms with van der Waals surface area (Å²) >= 11 is 0. The SMILES string of the molecule is CCOC(=O)C1=C(C)N(CCOC)C(=O)C1=Cc1ccco1. The first-order chi connectivity index (χ1) is 10.6. The quantitative estimate of drug-likeness (QED) is 0.594. The van der Waals surface area contributed by atoms with Gasteiger partial charge in [-0.2, -0.15) is 0 Å². The highest BCUT2D eigenvalue weighted by Gasteiger charge is 2.37. The van der Waals surface area contributed by atoms with Crippen LogP contribution < -0.4 is 0 Å². The molecule has 2 heterocycles. The smallest absolute Gasteiger partial charge is 0.340 e. The van der Waals surface area contributed by atoms with Crippen molar-refractivity contribution in [3.8, 4) is 0 Å². The van der Waals surface area contributed by atoms with Crippen molar-refractivity contribution >= 4 is 18.0 Å². The van der Waals surface area contributed by atoms with Gasteiger partial charge in [-0.15, -0.1) is 0 Å². The summed E-state index contributed by atoms with van der Waals surface area (Å²) in [5.74, 6) is -0.258. The van der Waals surface area contributed by atoms with E-state index in [4.69, 9.17) is 13.9 Å². The minimum Gasteiger partial charge on any atom is -0.465 e. The van der Waals surface area contributed by atoms with Gasteiger partial charge in [0, 0.05) is 19.4 Å². The Kier molecular flexibility index (Phi) is 5.16. The fraction of sp³-hybridized carbons (Fsp3) is 0.375. The van der Waals surface area contributed by atoms with Crippen molar-refractivity contribution < 1.29 is 23.5 Å². The second kappa shape index (κ2) is 7.09. The zero-order valence-corrected chi connectivity index (χ0v) is 12.9. The molecule has 22 heavy (non-hydrogen) atoms. The van der Waals surface area contributed by atoms with Gasteiger partial charge in [-0.05, 0) is 32.1 Å². The number of carbonyl (C=O) groups excluding carboxylic acids is 2. The monoisotopic (exact) mass is 305 g/mol. The molecule has 1 aromatic rings. The second-order valence-corrected chi connectivity index (χ2v) is 4.70. The summed E-state index contributed by atoms with van der Waals surface area (Å²) in [4.78, 5) is 26.3. The molecule has 0 saturated heterocycles. The molecule has 1 amide bonds. The summed E-state index contributed by atoms with van der Waals surface area (Å²) in [7, 11) is 1.56. The Morgan fingerprint density at radius 3 is 2.82 bits per heavy atom. The summed E-state index contributed by atoms with van der Waals surface area (Å²) in [6, 6.07) is 3.44. The lowest BCUT2D eigenvalue weighted by Crippen LogP contribution is -2.28. The van der Waals surface area contributed by atoms with Crippen LogP contribution in [0.1, 0.15) is 19.6 Å². The van der Waals surface area contributed by atoms with Crippen LogP contribution in [0, 0.1) is 0 Å². The van der Waals surface area contributed by atoms with Crippen LogP contribution in [-0.4, -0.2) is 43.6 Å². The zero-order valence-electron chi connectivity index (χ0n) is 12.9. The van der Waals surface area contributed by atoms with E-state index >= 15 is 0 Å². The molecule has 0 bridgehead atoms. The average Bonchev–Trinajstić information content (AvgIpc) is 3.07. The first-order valence-corrected chi connectivity index (χ1v) is 7.04. The molecule has 118 valence electrons. The molecule has 1 aliphatic rings. The number of amides is 1. The largest absolute Gasteiger partial charge is 0.465 e. The Labute approximate surface area is 129 Å². The molecule has 0 spiro atoms. The van der Waals surface area contributed by atoms with E-state index in [0.717, 1.165) is 0 Å². The lowest BCUT2D eigenvalue weighted by Gasteiger charge is -2.16. The number of furan rings is 1. The summed E-state index contributed by atoms with van der Waals surface area (Å²) in [5.41, 5.74) is 1.12. The van der Waals surface area contributed by atoms with Crippen LogP contribution in [0.15, 0.2) is 39.7 Å². The van der Waals surface area contributed by atoms with Gasteiger partial charge in [0.1, 0.15) is 5.76 Å². The Morgan fingerprint density at radius 2 is 2.23 bits per heavy atom. The van der Waals surface area contributed by atoms with Crippen LogP contribution in [0.5, 0.6) is 0 Å². The van der Waals surface area contributed by atoms with Gasteiger partial charge >= 0.3 is 5.97 Å². The number of esters is 1. The highest BCUT2D eigenvalue weighted by molar-refractivity contribution is 6.16. The summed E-state index contributed by atoms with van der Waals surface area (Å²) in [6.45, 7) is 4.45. The van der Waals surface area contributed by atoms with Crippen molar-refractivity contribution in [3.63, 3.8) is 0 Å². The fourth-order valence-corrected chi connectivity index (χ4v) is 2.30. The van der Waals surface area contributed by atoms with Gasteiger partial charge in [0.25, 0.3) is 5.91 Å². The predicted molar refractivity (Wildman–Crippen MR) is 79.6 cm³/mol. The fourth-order valence-electron chi connectivity index (χ4n) is 2.30. The molecule has 0 radical (unpaired) electrons. The Hall–Kier alpha value is -2.34. The highest BCUT2D eigenvalue weighted by Crippen LogP contribution is 2.31. The average molecular weight is 305 g/mol. The number of hydrogen-bond acceptors (Lipinski definition) is 5. The van der Waals surface area contributed by atoms with Gasteiger partial charge in [0.2, 0.25) is 0 Å². The van der Waals surface area contributed by atoms with E-state index in [2.05, 4.69) is 0 Å². The standard InChI is InChI=1S/C16H19NO5/c1-4-21-16(19)14-11(2)17(7-9-20-3)15(18)13(14)10-12-6-5-8-22-12/h5-6,8,10H,4,7,9H2,1-3H3. The summed E-state index contributed by atoms with van der Waals surface area (Å²) in [5, 5.41) is 0. The van der Waals surface area contributed by atoms with Gasteiger partial charge in [-0.3, -0.25) is 4.79 Å². The lowest BCUT2D eigenvalue weighted by molar-refractivity contribution is -0.138. The van der Waals surface area contributed by atoms with Crippen molar-refractivity contribution in [2.45, 2.75) is 13.8 Å². The maximum atomic E-state index is 12.6. The van der Waals surface area contributed by atoms with Gasteiger partial charge in [0.05, 0.1) is 30.6 Å². The topological polar surface area (TPSA) is 69.0 Å². The number of methoxy groups -OCH3 is 1. The van der Waals surface area contributed by atoms with Gasteiger partial charge in [-0.25, -0.2) is 4.79 Å². The van der Waals surface area contributed by atoms with E-state index in [0.29, 0.717) is 24.6 Å². The molecule has 0 aliphatic carbocycles. The molecule has 1 aliphatic heterocycles. The maximum absolute atomic E-state index is 12.6. The lowest BCUT2D eigenvalue weighted by atomic mass is 10.1. The Morgan fingerprint density at radius 1 is 1.45 bits per heavy atom. The Balaban J connectivity index is 2.41. The van der Waals surface area contributed by atoms with Crippen molar-refractivity contribution in [2.24, 2.45) is 0 Å². The van der Waals surface area contributed by atoms with Crippen molar-refractivity contribution in [1.82, 2.24) is 4.90 Å². The number of rotatable bonds is 6. The first kappa shape index (κ1) is 16.0. The van der Waals surface area contributed by atoms with E-state index in [9.17, 15) is 9.59 Å². The molecule has 6 nitrogen and oxygen atoms in total. The maximum Gasteiger partial charge on any atom is 0.340 e. The molecule has 0 atom stereocenters. The van der Waals surface area contributed by atoms with E-state index in [1.165, 1.54) is 11.2 Å². The third-order valence-electron chi connectivity index (χ3n) is 3.34. The van der Waals surface area contributed by atoms with Gasteiger partial charge < -0.3 is 18.8 Å². The minimum atomic E-state index is -0.508. The van der Waals surface area contributed by atoms with E-state index in [1.807, 2.05) is 0 Å². The normalized spacial score (nSPS) is 16.8. The van der Waals surface area contributed by atoms with E-state index < -0.39 is 5.97 Å². The molecule has 0 aromatic carbocycles. The molecule has 0 saturated carbocycles. The third kappa shape index (κ3) is 3.12. The molecule has 0 unspecified atom stereocenters. The number of nitrogens with zero attached hydrogens (tertiary/aromatic N) is 1. The molecule has 0 fully saturated rings. The Bertz CT molecular complexity index is 612. The predicted octanol–water partition coefficient (Wildman–Crippen LogP) is 1.99. The van der Waals surface area contributed by atoms with Crippen LogP contribution in [0.4, 0.5) is 0 Å². The van der Waals surface area contributed by atoms with Crippen molar-refractivity contribution in [2.75, 3.05) is 26.9 Å². The van der Waals surface area contributed by atoms with Gasteiger partial charge in [0.15, 0.2) is 0 Å². The molecular weight excluding hydrogens is 286 g/mol. The summed E-state index contributed by atoms with van der Waals surface area (Å²) < 4.78 is 15.3. The molecule has 2 rings (SSSR count). The molecule has 1 aromatic heterocycles. The van der Waals surface area contributed by atoms with Crippen LogP contribution >= 0.6 is 0 Å². The zero-order chi connectivity index (χ0) is 16.1. The van der Waals surface area contributed by atoms with Crippen molar-refractivity contribution in [3.05, 3.63) is 41.0 Å². The van der Waals surface area contributed by atoms with Crippen LogP contribution in [0.2, 0.25) is 0 Å². The third-order valence-corrected chi connectivity index (χ3v) is 3.34.